The van der Waals surface area contributed by atoms with Crippen molar-refractivity contribution in [3.05, 3.63) is 29.8 Å². The number of hydrogen-bond acceptors (Lipinski definition) is 5. The van der Waals surface area contributed by atoms with Crippen molar-refractivity contribution < 1.29 is 31.8 Å². The summed E-state index contributed by atoms with van der Waals surface area (Å²) in [6.07, 6.45) is 0.261. The molecule has 2 rings (SSSR count). The second-order valence-corrected chi connectivity index (χ2v) is 10.3. The van der Waals surface area contributed by atoms with Crippen molar-refractivity contribution in [2.24, 2.45) is 11.8 Å². The molecule has 1 aromatic carbocycles. The molecule has 0 unspecified atom stereocenters. The molecular formula is C21H33F3N2O4S. The molecular weight excluding hydrogens is 433 g/mol. The van der Waals surface area contributed by atoms with Crippen LogP contribution < -0.4 is 0 Å². The summed E-state index contributed by atoms with van der Waals surface area (Å²) in [5, 5.41) is 18.2. The van der Waals surface area contributed by atoms with E-state index in [2.05, 4.69) is 0 Å². The van der Waals surface area contributed by atoms with Gasteiger partial charge in [-0.2, -0.15) is 13.2 Å². The summed E-state index contributed by atoms with van der Waals surface area (Å²) in [5.74, 6) is 0.754. The molecule has 1 aliphatic carbocycles. The maximum atomic E-state index is 12.7. The highest BCUT2D eigenvalue weighted by Crippen LogP contribution is 2.33. The van der Waals surface area contributed by atoms with Crippen LogP contribution in [-0.2, 0) is 16.2 Å². The Bertz CT molecular complexity index is 758. The molecule has 0 aliphatic heterocycles. The minimum atomic E-state index is -4.50. The molecule has 0 aromatic heterocycles. The Morgan fingerprint density at radius 3 is 1.94 bits per heavy atom. The number of sulfonamides is 1. The number of aliphatic hydroxyl groups excluding tert-OH is 2. The van der Waals surface area contributed by atoms with Gasteiger partial charge < -0.3 is 10.2 Å². The lowest BCUT2D eigenvalue weighted by Crippen LogP contribution is -2.34. The summed E-state index contributed by atoms with van der Waals surface area (Å²) in [6.45, 7) is 2.37. The van der Waals surface area contributed by atoms with Crippen LogP contribution in [-0.4, -0.2) is 74.3 Å². The van der Waals surface area contributed by atoms with E-state index in [1.807, 2.05) is 4.90 Å². The van der Waals surface area contributed by atoms with E-state index < -0.39 is 21.8 Å². The highest BCUT2D eigenvalue weighted by atomic mass is 32.2. The van der Waals surface area contributed by atoms with Crippen molar-refractivity contribution in [2.75, 3.05) is 46.4 Å². The minimum Gasteiger partial charge on any atom is -0.395 e. The molecule has 1 fully saturated rings. The molecule has 0 spiro atoms. The van der Waals surface area contributed by atoms with Gasteiger partial charge in [-0.15, -0.1) is 0 Å². The predicted molar refractivity (Wildman–Crippen MR) is 112 cm³/mol. The number of aliphatic hydroxyl groups is 2. The van der Waals surface area contributed by atoms with Crippen LogP contribution in [0, 0.1) is 11.8 Å². The van der Waals surface area contributed by atoms with Gasteiger partial charge in [0.15, 0.2) is 0 Å². The van der Waals surface area contributed by atoms with Gasteiger partial charge in [-0.3, -0.25) is 4.90 Å². The molecule has 0 atom stereocenters. The second-order valence-electron chi connectivity index (χ2n) is 8.27. The summed E-state index contributed by atoms with van der Waals surface area (Å²) < 4.78 is 64.8. The molecule has 0 bridgehead atoms. The Kier molecular flexibility index (Phi) is 9.75. The number of rotatable bonds is 11. The number of halogens is 3. The minimum absolute atomic E-state index is 0.0620. The Balaban J connectivity index is 1.84. The standard InChI is InChI=1S/C21H33F3N2O4S/c1-25(31(29,30)20-8-6-19(7-9-20)21(22,23)24)16-18-4-2-17(3-5-18)10-11-26(12-14-27)13-15-28/h6-9,17-18,27-28H,2-5,10-16H2,1H3. The van der Waals surface area contributed by atoms with E-state index in [4.69, 9.17) is 10.2 Å². The fraction of sp³-hybridized carbons (Fsp3) is 0.714. The zero-order valence-electron chi connectivity index (χ0n) is 17.9. The normalized spacial score (nSPS) is 20.5. The molecule has 0 heterocycles. The van der Waals surface area contributed by atoms with Crippen LogP contribution in [0.5, 0.6) is 0 Å². The van der Waals surface area contributed by atoms with Gasteiger partial charge in [0.2, 0.25) is 10.0 Å². The fourth-order valence-corrected chi connectivity index (χ4v) is 5.39. The van der Waals surface area contributed by atoms with Crippen molar-refractivity contribution >= 4 is 10.0 Å². The van der Waals surface area contributed by atoms with Crippen LogP contribution in [0.4, 0.5) is 13.2 Å². The lowest BCUT2D eigenvalue weighted by atomic mass is 9.80. The molecule has 0 saturated heterocycles. The first-order valence-corrected chi connectivity index (χ1v) is 12.1. The Labute approximate surface area is 182 Å². The monoisotopic (exact) mass is 466 g/mol. The SMILES string of the molecule is CN(CC1CCC(CCN(CCO)CCO)CC1)S(=O)(=O)c1ccc(C(F)(F)F)cc1. The van der Waals surface area contributed by atoms with E-state index in [0.717, 1.165) is 62.9 Å². The average molecular weight is 467 g/mol. The first kappa shape index (κ1) is 26.1. The van der Waals surface area contributed by atoms with E-state index in [0.29, 0.717) is 25.6 Å². The molecule has 0 amide bonds. The third-order valence-corrected chi connectivity index (χ3v) is 7.90. The van der Waals surface area contributed by atoms with Crippen LogP contribution in [0.3, 0.4) is 0 Å². The predicted octanol–water partition coefficient (Wildman–Crippen LogP) is 2.81. The zero-order chi connectivity index (χ0) is 23.1. The topological polar surface area (TPSA) is 81.1 Å². The molecule has 0 radical (unpaired) electrons. The van der Waals surface area contributed by atoms with Gasteiger partial charge in [0.05, 0.1) is 23.7 Å². The van der Waals surface area contributed by atoms with Gasteiger partial charge in [0.1, 0.15) is 0 Å². The number of hydrogen-bond donors (Lipinski definition) is 2. The summed E-state index contributed by atoms with van der Waals surface area (Å²) >= 11 is 0. The van der Waals surface area contributed by atoms with Crippen LogP contribution in [0.2, 0.25) is 0 Å². The second kappa shape index (κ2) is 11.6. The summed E-state index contributed by atoms with van der Waals surface area (Å²) in [7, 11) is -2.36. The third kappa shape index (κ3) is 7.71. The summed E-state index contributed by atoms with van der Waals surface area (Å²) in [6, 6.07) is 3.61. The molecule has 31 heavy (non-hydrogen) atoms. The molecule has 1 aliphatic rings. The van der Waals surface area contributed by atoms with Gasteiger partial charge in [-0.25, -0.2) is 12.7 Å². The maximum absolute atomic E-state index is 12.7. The first-order chi connectivity index (χ1) is 14.6. The van der Waals surface area contributed by atoms with Gasteiger partial charge in [0, 0.05) is 26.7 Å². The van der Waals surface area contributed by atoms with Crippen LogP contribution in [0.25, 0.3) is 0 Å². The van der Waals surface area contributed by atoms with E-state index in [1.165, 1.54) is 11.4 Å². The van der Waals surface area contributed by atoms with Gasteiger partial charge in [0.25, 0.3) is 0 Å². The third-order valence-electron chi connectivity index (χ3n) is 6.06. The molecule has 10 heteroatoms. The maximum Gasteiger partial charge on any atom is 0.416 e. The van der Waals surface area contributed by atoms with E-state index in [9.17, 15) is 21.6 Å². The summed E-state index contributed by atoms with van der Waals surface area (Å²) in [4.78, 5) is 1.90. The average Bonchev–Trinajstić information content (AvgIpc) is 2.73. The van der Waals surface area contributed by atoms with Gasteiger partial charge in [-0.1, -0.05) is 12.8 Å². The van der Waals surface area contributed by atoms with E-state index in [-0.39, 0.29) is 24.0 Å². The summed E-state index contributed by atoms with van der Waals surface area (Å²) in [5.41, 5.74) is -0.871. The molecule has 2 N–H and O–H groups in total. The number of alkyl halides is 3. The number of nitrogens with zero attached hydrogens (tertiary/aromatic N) is 2. The highest BCUT2D eigenvalue weighted by molar-refractivity contribution is 7.89. The molecule has 1 saturated carbocycles. The smallest absolute Gasteiger partial charge is 0.395 e. The van der Waals surface area contributed by atoms with E-state index >= 15 is 0 Å². The van der Waals surface area contributed by atoms with Crippen molar-refractivity contribution in [3.63, 3.8) is 0 Å². The van der Waals surface area contributed by atoms with Crippen molar-refractivity contribution in [1.29, 1.82) is 0 Å². The lowest BCUT2D eigenvalue weighted by Gasteiger charge is -2.32. The van der Waals surface area contributed by atoms with Crippen LogP contribution in [0.1, 0.15) is 37.7 Å². The van der Waals surface area contributed by atoms with Gasteiger partial charge in [-0.05, 0) is 61.9 Å². The van der Waals surface area contributed by atoms with Gasteiger partial charge >= 0.3 is 6.18 Å². The highest BCUT2D eigenvalue weighted by Gasteiger charge is 2.32. The molecule has 6 nitrogen and oxygen atoms in total. The molecule has 1 aromatic rings. The molecule has 178 valence electrons. The number of benzene rings is 1. The quantitative estimate of drug-likeness (QED) is 0.524. The first-order valence-electron chi connectivity index (χ1n) is 10.7. The Morgan fingerprint density at radius 2 is 1.45 bits per heavy atom. The zero-order valence-corrected chi connectivity index (χ0v) is 18.7. The van der Waals surface area contributed by atoms with E-state index in [1.54, 1.807) is 0 Å². The van der Waals surface area contributed by atoms with Crippen molar-refractivity contribution in [1.82, 2.24) is 9.21 Å². The van der Waals surface area contributed by atoms with Crippen molar-refractivity contribution in [3.8, 4) is 0 Å². The van der Waals surface area contributed by atoms with Crippen LogP contribution in [0.15, 0.2) is 29.2 Å². The van der Waals surface area contributed by atoms with Crippen molar-refractivity contribution in [2.45, 2.75) is 43.2 Å². The Hall–Kier alpha value is -1.20. The largest absolute Gasteiger partial charge is 0.416 e. The van der Waals surface area contributed by atoms with Crippen LogP contribution >= 0.6 is 0 Å². The Morgan fingerprint density at radius 1 is 0.935 bits per heavy atom. The lowest BCUT2D eigenvalue weighted by molar-refractivity contribution is -0.137. The fourth-order valence-electron chi connectivity index (χ4n) is 4.14.